The number of halogens is 1. The number of methoxy groups -OCH3 is 1. The molecule has 0 aliphatic carbocycles. The fourth-order valence-electron chi connectivity index (χ4n) is 1.81. The maximum atomic E-state index is 5.55. The average Bonchev–Trinajstić information content (AvgIpc) is 2.79. The van der Waals surface area contributed by atoms with Gasteiger partial charge in [-0.25, -0.2) is 0 Å². The van der Waals surface area contributed by atoms with Gasteiger partial charge in [0.25, 0.3) is 0 Å². The number of hydrogen-bond acceptors (Lipinski definition) is 3. The van der Waals surface area contributed by atoms with Crippen molar-refractivity contribution >= 4 is 21.6 Å². The Morgan fingerprint density at radius 3 is 3.06 bits per heavy atom. The molecular weight excluding hydrogens is 270 g/mol. The van der Waals surface area contributed by atoms with E-state index < -0.39 is 0 Å². The van der Waals surface area contributed by atoms with Crippen molar-refractivity contribution in [2.45, 2.75) is 18.9 Å². The molecule has 0 amide bonds. The molecule has 1 aromatic carbocycles. The Kier molecular flexibility index (Phi) is 4.07. The van der Waals surface area contributed by atoms with Crippen LogP contribution in [-0.4, -0.2) is 26.4 Å². The summed E-state index contributed by atoms with van der Waals surface area (Å²) >= 11 is 3.46. The third-order valence-corrected chi connectivity index (χ3v) is 3.33. The number of benzene rings is 1. The van der Waals surface area contributed by atoms with Gasteiger partial charge in [-0.05, 0) is 47.0 Å². The Hall–Kier alpha value is -0.740. The van der Waals surface area contributed by atoms with Crippen LogP contribution in [0.2, 0.25) is 0 Å². The highest BCUT2D eigenvalue weighted by Crippen LogP contribution is 2.27. The first kappa shape index (κ1) is 11.7. The van der Waals surface area contributed by atoms with Crippen LogP contribution in [0.1, 0.15) is 12.8 Å². The molecule has 1 aliphatic heterocycles. The normalized spacial score (nSPS) is 19.8. The summed E-state index contributed by atoms with van der Waals surface area (Å²) in [5.41, 5.74) is 1.09. The fraction of sp³-hybridized carbons (Fsp3) is 0.500. The third-order valence-electron chi connectivity index (χ3n) is 2.71. The highest BCUT2D eigenvalue weighted by atomic mass is 79.9. The van der Waals surface area contributed by atoms with Gasteiger partial charge in [-0.3, -0.25) is 0 Å². The molecule has 2 rings (SSSR count). The molecule has 1 N–H and O–H groups in total. The second-order valence-corrected chi connectivity index (χ2v) is 4.72. The number of nitrogens with one attached hydrogen (secondary N) is 1. The van der Waals surface area contributed by atoms with Crippen molar-refractivity contribution in [2.24, 2.45) is 0 Å². The van der Waals surface area contributed by atoms with Gasteiger partial charge >= 0.3 is 0 Å². The average molecular weight is 286 g/mol. The number of anilines is 1. The molecule has 1 saturated heterocycles. The van der Waals surface area contributed by atoms with Gasteiger partial charge in [-0.15, -0.1) is 0 Å². The van der Waals surface area contributed by atoms with Crippen molar-refractivity contribution in [3.8, 4) is 5.75 Å². The molecule has 0 radical (unpaired) electrons. The molecule has 1 unspecified atom stereocenters. The summed E-state index contributed by atoms with van der Waals surface area (Å²) in [5, 5.41) is 3.37. The van der Waals surface area contributed by atoms with Gasteiger partial charge in [0.2, 0.25) is 0 Å². The van der Waals surface area contributed by atoms with E-state index in [0.717, 1.165) is 35.5 Å². The molecule has 1 fully saturated rings. The Labute approximate surface area is 104 Å². The van der Waals surface area contributed by atoms with Crippen molar-refractivity contribution in [1.29, 1.82) is 0 Å². The minimum absolute atomic E-state index is 0.362. The van der Waals surface area contributed by atoms with E-state index in [1.54, 1.807) is 7.11 Å². The standard InChI is InChI=1S/C12H16BrNO2/c1-15-12-5-4-9(7-11(12)13)14-8-10-3-2-6-16-10/h4-5,7,10,14H,2-3,6,8H2,1H3. The minimum Gasteiger partial charge on any atom is -0.496 e. The zero-order valence-electron chi connectivity index (χ0n) is 9.33. The van der Waals surface area contributed by atoms with Gasteiger partial charge in [0.05, 0.1) is 17.7 Å². The van der Waals surface area contributed by atoms with Crippen LogP contribution in [0.3, 0.4) is 0 Å². The van der Waals surface area contributed by atoms with Crippen LogP contribution >= 0.6 is 15.9 Å². The van der Waals surface area contributed by atoms with Gasteiger partial charge in [-0.2, -0.15) is 0 Å². The van der Waals surface area contributed by atoms with E-state index in [1.807, 2.05) is 18.2 Å². The van der Waals surface area contributed by atoms with E-state index in [9.17, 15) is 0 Å². The van der Waals surface area contributed by atoms with Gasteiger partial charge in [-0.1, -0.05) is 0 Å². The van der Waals surface area contributed by atoms with E-state index in [1.165, 1.54) is 6.42 Å². The summed E-state index contributed by atoms with van der Waals surface area (Å²) < 4.78 is 11.7. The minimum atomic E-state index is 0.362. The molecule has 4 heteroatoms. The summed E-state index contributed by atoms with van der Waals surface area (Å²) in [6.45, 7) is 1.78. The Balaban J connectivity index is 1.91. The second-order valence-electron chi connectivity index (χ2n) is 3.87. The summed E-state index contributed by atoms with van der Waals surface area (Å²) in [6, 6.07) is 5.98. The predicted molar refractivity (Wildman–Crippen MR) is 68.2 cm³/mol. The number of rotatable bonds is 4. The van der Waals surface area contributed by atoms with Crippen molar-refractivity contribution in [1.82, 2.24) is 0 Å². The molecule has 0 bridgehead atoms. The molecule has 3 nitrogen and oxygen atoms in total. The summed E-state index contributed by atoms with van der Waals surface area (Å²) in [7, 11) is 1.67. The van der Waals surface area contributed by atoms with Gasteiger partial charge in [0, 0.05) is 18.8 Å². The fourth-order valence-corrected chi connectivity index (χ4v) is 2.35. The Morgan fingerprint density at radius 2 is 2.44 bits per heavy atom. The first-order valence-corrected chi connectivity index (χ1v) is 6.28. The maximum Gasteiger partial charge on any atom is 0.133 e. The first-order valence-electron chi connectivity index (χ1n) is 5.48. The van der Waals surface area contributed by atoms with E-state index in [-0.39, 0.29) is 0 Å². The molecule has 1 aromatic rings. The topological polar surface area (TPSA) is 30.5 Å². The molecular formula is C12H16BrNO2. The van der Waals surface area contributed by atoms with Crippen molar-refractivity contribution in [2.75, 3.05) is 25.6 Å². The lowest BCUT2D eigenvalue weighted by molar-refractivity contribution is 0.120. The van der Waals surface area contributed by atoms with Crippen LogP contribution in [0.25, 0.3) is 0 Å². The van der Waals surface area contributed by atoms with Crippen molar-refractivity contribution in [3.05, 3.63) is 22.7 Å². The monoisotopic (exact) mass is 285 g/mol. The molecule has 1 atom stereocenters. The van der Waals surface area contributed by atoms with Crippen LogP contribution in [-0.2, 0) is 4.74 Å². The molecule has 88 valence electrons. The molecule has 0 spiro atoms. The molecule has 16 heavy (non-hydrogen) atoms. The summed E-state index contributed by atoms with van der Waals surface area (Å²) in [6.07, 6.45) is 2.70. The smallest absolute Gasteiger partial charge is 0.133 e. The largest absolute Gasteiger partial charge is 0.496 e. The lowest BCUT2D eigenvalue weighted by Gasteiger charge is -2.12. The lowest BCUT2D eigenvalue weighted by atomic mass is 10.2. The zero-order valence-corrected chi connectivity index (χ0v) is 10.9. The molecule has 1 aliphatic rings. The van der Waals surface area contributed by atoms with Gasteiger partial charge in [0.15, 0.2) is 0 Å². The van der Waals surface area contributed by atoms with E-state index in [4.69, 9.17) is 9.47 Å². The van der Waals surface area contributed by atoms with E-state index >= 15 is 0 Å². The van der Waals surface area contributed by atoms with Crippen molar-refractivity contribution in [3.63, 3.8) is 0 Å². The maximum absolute atomic E-state index is 5.55. The van der Waals surface area contributed by atoms with E-state index in [0.29, 0.717) is 6.10 Å². The first-order chi connectivity index (χ1) is 7.79. The number of ether oxygens (including phenoxy) is 2. The third kappa shape index (κ3) is 2.89. The van der Waals surface area contributed by atoms with Crippen LogP contribution in [0.4, 0.5) is 5.69 Å². The molecule has 0 saturated carbocycles. The SMILES string of the molecule is COc1ccc(NCC2CCCO2)cc1Br. The zero-order chi connectivity index (χ0) is 11.4. The summed E-state index contributed by atoms with van der Waals surface area (Å²) in [5.74, 6) is 0.850. The Morgan fingerprint density at radius 1 is 1.56 bits per heavy atom. The molecule has 0 aromatic heterocycles. The lowest BCUT2D eigenvalue weighted by Crippen LogP contribution is -2.18. The van der Waals surface area contributed by atoms with Crippen molar-refractivity contribution < 1.29 is 9.47 Å². The Bertz CT molecular complexity index is 351. The quantitative estimate of drug-likeness (QED) is 0.922. The van der Waals surface area contributed by atoms with Crippen LogP contribution in [0, 0.1) is 0 Å². The van der Waals surface area contributed by atoms with Crippen LogP contribution in [0.5, 0.6) is 5.75 Å². The van der Waals surface area contributed by atoms with Crippen LogP contribution in [0.15, 0.2) is 22.7 Å². The summed E-state index contributed by atoms with van der Waals surface area (Å²) in [4.78, 5) is 0. The van der Waals surface area contributed by atoms with Gasteiger partial charge < -0.3 is 14.8 Å². The van der Waals surface area contributed by atoms with Gasteiger partial charge in [0.1, 0.15) is 5.75 Å². The number of hydrogen-bond donors (Lipinski definition) is 1. The molecule has 1 heterocycles. The predicted octanol–water partition coefficient (Wildman–Crippen LogP) is 3.05. The van der Waals surface area contributed by atoms with E-state index in [2.05, 4.69) is 21.2 Å². The highest BCUT2D eigenvalue weighted by molar-refractivity contribution is 9.10. The van der Waals surface area contributed by atoms with Crippen LogP contribution < -0.4 is 10.1 Å². The second kappa shape index (κ2) is 5.55. The highest BCUT2D eigenvalue weighted by Gasteiger charge is 2.14.